The number of ether oxygens (including phenoxy) is 1. The van der Waals surface area contributed by atoms with Gasteiger partial charge in [0.05, 0.1) is 17.8 Å². The van der Waals surface area contributed by atoms with Crippen LogP contribution in [0.4, 0.5) is 5.69 Å². The van der Waals surface area contributed by atoms with Crippen molar-refractivity contribution in [3.8, 4) is 0 Å². The monoisotopic (exact) mass is 317 g/mol. The highest BCUT2D eigenvalue weighted by Crippen LogP contribution is 2.25. The fraction of sp³-hybridized carbons (Fsp3) is 0.250. The SMILES string of the molecule is COC(=O)/C(C)=C/CNc1ccc(Br)cc1Cl. The van der Waals surface area contributed by atoms with E-state index in [0.717, 1.165) is 10.2 Å². The number of halogens is 2. The van der Waals surface area contributed by atoms with Crippen LogP contribution >= 0.6 is 27.5 Å². The second-order valence-corrected chi connectivity index (χ2v) is 4.71. The van der Waals surface area contributed by atoms with Crippen LogP contribution in [0.1, 0.15) is 6.92 Å². The molecule has 1 aromatic rings. The fourth-order valence-corrected chi connectivity index (χ4v) is 1.93. The molecule has 0 heterocycles. The summed E-state index contributed by atoms with van der Waals surface area (Å²) in [7, 11) is 1.36. The number of hydrogen-bond acceptors (Lipinski definition) is 3. The summed E-state index contributed by atoms with van der Waals surface area (Å²) in [6.45, 7) is 2.22. The summed E-state index contributed by atoms with van der Waals surface area (Å²) in [6.07, 6.45) is 1.75. The molecule has 0 amide bonds. The Morgan fingerprint density at radius 3 is 2.88 bits per heavy atom. The third-order valence-electron chi connectivity index (χ3n) is 2.14. The third kappa shape index (κ3) is 4.40. The van der Waals surface area contributed by atoms with E-state index in [-0.39, 0.29) is 5.97 Å². The summed E-state index contributed by atoms with van der Waals surface area (Å²) < 4.78 is 5.51. The molecule has 92 valence electrons. The van der Waals surface area contributed by atoms with Gasteiger partial charge in [0.2, 0.25) is 0 Å². The number of esters is 1. The maximum atomic E-state index is 11.1. The van der Waals surface area contributed by atoms with Crippen LogP contribution in [0.2, 0.25) is 5.02 Å². The lowest BCUT2D eigenvalue weighted by Crippen LogP contribution is -2.05. The minimum Gasteiger partial charge on any atom is -0.466 e. The number of carbonyl (C=O) groups is 1. The van der Waals surface area contributed by atoms with Gasteiger partial charge in [-0.3, -0.25) is 0 Å². The highest BCUT2D eigenvalue weighted by molar-refractivity contribution is 9.10. The van der Waals surface area contributed by atoms with Crippen LogP contribution in [0, 0.1) is 0 Å². The zero-order chi connectivity index (χ0) is 12.8. The van der Waals surface area contributed by atoms with Crippen LogP contribution in [0.15, 0.2) is 34.3 Å². The maximum absolute atomic E-state index is 11.1. The van der Waals surface area contributed by atoms with Gasteiger partial charge in [0, 0.05) is 16.6 Å². The number of nitrogens with one attached hydrogen (secondary N) is 1. The Hall–Kier alpha value is -1.000. The zero-order valence-corrected chi connectivity index (χ0v) is 11.9. The summed E-state index contributed by atoms with van der Waals surface area (Å²) in [5, 5.41) is 3.74. The van der Waals surface area contributed by atoms with Gasteiger partial charge in [-0.1, -0.05) is 33.6 Å². The van der Waals surface area contributed by atoms with E-state index in [4.69, 9.17) is 11.6 Å². The summed E-state index contributed by atoms with van der Waals surface area (Å²) in [5.41, 5.74) is 1.39. The van der Waals surface area contributed by atoms with E-state index in [2.05, 4.69) is 26.0 Å². The number of hydrogen-bond donors (Lipinski definition) is 1. The van der Waals surface area contributed by atoms with Crippen molar-refractivity contribution in [3.05, 3.63) is 39.3 Å². The molecule has 3 nitrogen and oxygen atoms in total. The number of benzene rings is 1. The van der Waals surface area contributed by atoms with Gasteiger partial charge in [-0.2, -0.15) is 0 Å². The first-order valence-electron chi connectivity index (χ1n) is 4.98. The molecule has 0 aliphatic heterocycles. The first kappa shape index (κ1) is 14.1. The van der Waals surface area contributed by atoms with Gasteiger partial charge in [-0.15, -0.1) is 0 Å². The Kier molecular flexibility index (Phi) is 5.51. The molecule has 0 spiro atoms. The first-order chi connectivity index (χ1) is 8.04. The van der Waals surface area contributed by atoms with E-state index >= 15 is 0 Å². The quantitative estimate of drug-likeness (QED) is 0.680. The summed E-state index contributed by atoms with van der Waals surface area (Å²) in [6, 6.07) is 5.57. The molecule has 1 aromatic carbocycles. The molecule has 0 aromatic heterocycles. The van der Waals surface area contributed by atoms with E-state index in [1.165, 1.54) is 7.11 Å². The Bertz CT molecular complexity index is 446. The predicted octanol–water partition coefficient (Wildman–Crippen LogP) is 3.63. The molecular formula is C12H13BrClNO2. The molecule has 0 atom stereocenters. The average Bonchev–Trinajstić information content (AvgIpc) is 2.30. The fourth-order valence-electron chi connectivity index (χ4n) is 1.19. The van der Waals surface area contributed by atoms with Crippen molar-refractivity contribution in [2.24, 2.45) is 0 Å². The van der Waals surface area contributed by atoms with Gasteiger partial charge in [-0.05, 0) is 25.1 Å². The molecule has 17 heavy (non-hydrogen) atoms. The van der Waals surface area contributed by atoms with Crippen molar-refractivity contribution in [2.75, 3.05) is 19.0 Å². The van der Waals surface area contributed by atoms with Crippen LogP contribution in [0.3, 0.4) is 0 Å². The molecular weight excluding hydrogens is 305 g/mol. The van der Waals surface area contributed by atoms with Crippen molar-refractivity contribution in [1.82, 2.24) is 0 Å². The lowest BCUT2D eigenvalue weighted by molar-refractivity contribution is -0.136. The van der Waals surface area contributed by atoms with Crippen molar-refractivity contribution < 1.29 is 9.53 Å². The van der Waals surface area contributed by atoms with Crippen LogP contribution in [0.5, 0.6) is 0 Å². The summed E-state index contributed by atoms with van der Waals surface area (Å²) in [5.74, 6) is -0.325. The van der Waals surface area contributed by atoms with Crippen molar-refractivity contribution in [1.29, 1.82) is 0 Å². The molecule has 0 bridgehead atoms. The minimum absolute atomic E-state index is 0.325. The molecule has 0 aliphatic carbocycles. The van der Waals surface area contributed by atoms with Gasteiger partial charge >= 0.3 is 5.97 Å². The second kappa shape index (κ2) is 6.67. The van der Waals surface area contributed by atoms with E-state index in [1.54, 1.807) is 19.1 Å². The normalized spacial score (nSPS) is 11.2. The maximum Gasteiger partial charge on any atom is 0.333 e. The van der Waals surface area contributed by atoms with Crippen molar-refractivity contribution >= 4 is 39.2 Å². The van der Waals surface area contributed by atoms with Crippen molar-refractivity contribution in [2.45, 2.75) is 6.92 Å². The molecule has 1 rings (SSSR count). The highest BCUT2D eigenvalue weighted by Gasteiger charge is 2.02. The van der Waals surface area contributed by atoms with Gasteiger partial charge in [0.1, 0.15) is 0 Å². The largest absolute Gasteiger partial charge is 0.466 e. The molecule has 0 aliphatic rings. The predicted molar refractivity (Wildman–Crippen MR) is 73.4 cm³/mol. The third-order valence-corrected chi connectivity index (χ3v) is 2.95. The van der Waals surface area contributed by atoms with Crippen LogP contribution < -0.4 is 5.32 Å². The average molecular weight is 319 g/mol. The molecule has 0 saturated heterocycles. The van der Waals surface area contributed by atoms with Crippen LogP contribution in [-0.2, 0) is 9.53 Å². The van der Waals surface area contributed by atoms with Gasteiger partial charge < -0.3 is 10.1 Å². The van der Waals surface area contributed by atoms with E-state index < -0.39 is 0 Å². The smallest absolute Gasteiger partial charge is 0.333 e. The Morgan fingerprint density at radius 1 is 1.59 bits per heavy atom. The molecule has 0 radical (unpaired) electrons. The van der Waals surface area contributed by atoms with E-state index in [9.17, 15) is 4.79 Å². The van der Waals surface area contributed by atoms with E-state index in [1.807, 2.05) is 12.1 Å². The first-order valence-corrected chi connectivity index (χ1v) is 6.15. The van der Waals surface area contributed by atoms with E-state index in [0.29, 0.717) is 17.1 Å². The topological polar surface area (TPSA) is 38.3 Å². The second-order valence-electron chi connectivity index (χ2n) is 3.38. The van der Waals surface area contributed by atoms with Crippen LogP contribution in [-0.4, -0.2) is 19.6 Å². The Balaban J connectivity index is 2.59. The highest BCUT2D eigenvalue weighted by atomic mass is 79.9. The zero-order valence-electron chi connectivity index (χ0n) is 9.59. The van der Waals surface area contributed by atoms with Gasteiger partial charge in [0.15, 0.2) is 0 Å². The number of anilines is 1. The van der Waals surface area contributed by atoms with Crippen molar-refractivity contribution in [3.63, 3.8) is 0 Å². The summed E-state index contributed by atoms with van der Waals surface area (Å²) >= 11 is 9.36. The Labute approximate surface area is 114 Å². The Morgan fingerprint density at radius 2 is 2.29 bits per heavy atom. The number of carbonyl (C=O) groups excluding carboxylic acids is 1. The lowest BCUT2D eigenvalue weighted by Gasteiger charge is -2.06. The molecule has 0 fully saturated rings. The van der Waals surface area contributed by atoms with Gasteiger partial charge in [-0.25, -0.2) is 4.79 Å². The minimum atomic E-state index is -0.325. The standard InChI is InChI=1S/C12H13BrClNO2/c1-8(12(16)17-2)5-6-15-11-4-3-9(13)7-10(11)14/h3-5,7,15H,6H2,1-2H3/b8-5+. The van der Waals surface area contributed by atoms with Crippen LogP contribution in [0.25, 0.3) is 0 Å². The van der Waals surface area contributed by atoms with Gasteiger partial charge in [0.25, 0.3) is 0 Å². The molecule has 1 N–H and O–H groups in total. The molecule has 5 heteroatoms. The summed E-state index contributed by atoms with van der Waals surface area (Å²) in [4.78, 5) is 11.1. The molecule has 0 saturated carbocycles. The molecule has 0 unspecified atom stereocenters. The number of rotatable bonds is 4. The number of methoxy groups -OCH3 is 1. The lowest BCUT2D eigenvalue weighted by atomic mass is 10.2.